The van der Waals surface area contributed by atoms with Crippen LogP contribution in [-0.2, 0) is 11.8 Å². The molecule has 0 N–H and O–H groups in total. The Bertz CT molecular complexity index is 3590. The third-order valence-corrected chi connectivity index (χ3v) is 13.7. The zero-order valence-corrected chi connectivity index (χ0v) is 33.8. The minimum Gasteiger partial charge on any atom is -0.310 e. The number of aryl methyl sites for hydroxylation is 1. The standard InChI is InChI=1S/C59H40N2/c1-2-38-27-28-40-17-14-23-50-47-21-9-12-25-53(47)59(58(38)57(40)50)52-24-11-8-20-46(52)48-33-31-45(37-54(48)59)60(43-30-29-39-15-6-7-16-41(39)35-43)44-32-34-56-51(36-44)49-22-10-13-26-55(49)61(56)42-18-4-3-5-19-42/h3-37H,2H2,1H3. The van der Waals surface area contributed by atoms with E-state index in [0.717, 1.165) is 29.2 Å². The summed E-state index contributed by atoms with van der Waals surface area (Å²) in [5.41, 5.74) is 18.5. The number of anilines is 3. The molecule has 1 heterocycles. The largest absolute Gasteiger partial charge is 0.310 e. The molecule has 1 atom stereocenters. The van der Waals surface area contributed by atoms with Gasteiger partial charge < -0.3 is 9.47 Å². The van der Waals surface area contributed by atoms with Crippen molar-refractivity contribution in [1.82, 2.24) is 4.57 Å². The lowest BCUT2D eigenvalue weighted by molar-refractivity contribution is 0.759. The minimum absolute atomic E-state index is 0.514. The summed E-state index contributed by atoms with van der Waals surface area (Å²) < 4.78 is 2.40. The SMILES string of the molecule is CCc1ccc2cccc3c2c1C1(c2ccccc2-c2ccc(N(c4ccc5ccccc5c4)c4ccc5c(c4)c4ccccc4n5-c4ccccc4)cc21)c1ccccc1-3. The van der Waals surface area contributed by atoms with Crippen LogP contribution in [0.1, 0.15) is 34.7 Å². The number of nitrogens with zero attached hydrogens (tertiary/aromatic N) is 2. The Kier molecular flexibility index (Phi) is 7.24. The van der Waals surface area contributed by atoms with Crippen molar-refractivity contribution in [3.05, 3.63) is 240 Å². The summed E-state index contributed by atoms with van der Waals surface area (Å²) >= 11 is 0. The van der Waals surface area contributed by atoms with Gasteiger partial charge in [-0.25, -0.2) is 0 Å². The quantitative estimate of drug-likeness (QED) is 0.169. The van der Waals surface area contributed by atoms with Crippen molar-refractivity contribution >= 4 is 60.4 Å². The number of benzene rings is 10. The minimum atomic E-state index is -0.514. The fraction of sp³-hybridized carbons (Fsp3) is 0.0508. The van der Waals surface area contributed by atoms with Gasteiger partial charge in [-0.1, -0.05) is 159 Å². The first-order chi connectivity index (χ1) is 30.2. The van der Waals surface area contributed by atoms with E-state index >= 15 is 0 Å². The molecule has 11 aromatic rings. The van der Waals surface area contributed by atoms with E-state index in [1.54, 1.807) is 0 Å². The zero-order chi connectivity index (χ0) is 40.2. The van der Waals surface area contributed by atoms with Gasteiger partial charge in [0.05, 0.1) is 16.4 Å². The predicted molar refractivity (Wildman–Crippen MR) is 256 cm³/mol. The molecule has 0 saturated heterocycles. The number of hydrogen-bond acceptors (Lipinski definition) is 1. The Balaban J connectivity index is 1.12. The van der Waals surface area contributed by atoms with Crippen LogP contribution in [-0.4, -0.2) is 4.57 Å². The highest BCUT2D eigenvalue weighted by Crippen LogP contribution is 2.63. The topological polar surface area (TPSA) is 8.17 Å². The van der Waals surface area contributed by atoms with E-state index < -0.39 is 5.41 Å². The average Bonchev–Trinajstić information content (AvgIpc) is 3.81. The predicted octanol–water partition coefficient (Wildman–Crippen LogP) is 15.5. The lowest BCUT2D eigenvalue weighted by Gasteiger charge is -2.41. The lowest BCUT2D eigenvalue weighted by Crippen LogP contribution is -2.33. The molecule has 13 rings (SSSR count). The van der Waals surface area contributed by atoms with Crippen molar-refractivity contribution in [2.75, 3.05) is 4.90 Å². The van der Waals surface area contributed by atoms with E-state index in [1.807, 2.05) is 0 Å². The number of para-hydroxylation sites is 2. The molecular formula is C59H40N2. The molecule has 2 heteroatoms. The monoisotopic (exact) mass is 776 g/mol. The summed E-state index contributed by atoms with van der Waals surface area (Å²) in [6.45, 7) is 2.32. The molecule has 0 fully saturated rings. The van der Waals surface area contributed by atoms with Crippen LogP contribution in [0.5, 0.6) is 0 Å². The first kappa shape index (κ1) is 34.2. The van der Waals surface area contributed by atoms with E-state index in [2.05, 4.69) is 229 Å². The van der Waals surface area contributed by atoms with Crippen LogP contribution in [0.25, 0.3) is 71.3 Å². The van der Waals surface area contributed by atoms with Gasteiger partial charge >= 0.3 is 0 Å². The Morgan fingerprint density at radius 3 is 1.84 bits per heavy atom. The van der Waals surface area contributed by atoms with Gasteiger partial charge in [0, 0.05) is 33.5 Å². The summed E-state index contributed by atoms with van der Waals surface area (Å²) in [7, 11) is 0. The molecule has 0 saturated carbocycles. The Labute approximate surface area is 355 Å². The van der Waals surface area contributed by atoms with Crippen LogP contribution in [0.4, 0.5) is 17.1 Å². The van der Waals surface area contributed by atoms with Crippen LogP contribution in [0.3, 0.4) is 0 Å². The fourth-order valence-electron chi connectivity index (χ4n) is 11.2. The molecular weight excluding hydrogens is 737 g/mol. The number of aromatic nitrogens is 1. The van der Waals surface area contributed by atoms with Gasteiger partial charge in [0.2, 0.25) is 0 Å². The highest BCUT2D eigenvalue weighted by molar-refractivity contribution is 6.11. The molecule has 0 aliphatic heterocycles. The van der Waals surface area contributed by atoms with Gasteiger partial charge in [-0.15, -0.1) is 0 Å². The van der Waals surface area contributed by atoms with Crippen LogP contribution >= 0.6 is 0 Å². The molecule has 0 amide bonds. The van der Waals surface area contributed by atoms with Crippen molar-refractivity contribution in [2.45, 2.75) is 18.8 Å². The van der Waals surface area contributed by atoms with Gasteiger partial charge in [-0.05, 0) is 139 Å². The molecule has 61 heavy (non-hydrogen) atoms. The van der Waals surface area contributed by atoms with Crippen LogP contribution in [0, 0.1) is 0 Å². The van der Waals surface area contributed by atoms with Crippen LogP contribution in [0.15, 0.2) is 212 Å². The van der Waals surface area contributed by atoms with Crippen LogP contribution < -0.4 is 4.90 Å². The first-order valence-corrected chi connectivity index (χ1v) is 21.5. The molecule has 2 aliphatic carbocycles. The Morgan fingerprint density at radius 1 is 0.410 bits per heavy atom. The van der Waals surface area contributed by atoms with E-state index in [0.29, 0.717) is 0 Å². The van der Waals surface area contributed by atoms with Gasteiger partial charge in [0.25, 0.3) is 0 Å². The number of hydrogen-bond donors (Lipinski definition) is 0. The van der Waals surface area contributed by atoms with E-state index in [9.17, 15) is 0 Å². The van der Waals surface area contributed by atoms with Crippen molar-refractivity contribution in [3.8, 4) is 27.9 Å². The second-order valence-corrected chi connectivity index (χ2v) is 16.7. The molecule has 1 unspecified atom stereocenters. The highest BCUT2D eigenvalue weighted by Gasteiger charge is 2.51. The second-order valence-electron chi connectivity index (χ2n) is 16.7. The van der Waals surface area contributed by atoms with Crippen molar-refractivity contribution in [3.63, 3.8) is 0 Å². The molecule has 2 nitrogen and oxygen atoms in total. The Hall–Kier alpha value is -7.68. The first-order valence-electron chi connectivity index (χ1n) is 21.5. The molecule has 1 aromatic heterocycles. The smallest absolute Gasteiger partial charge is 0.0729 e. The molecule has 2 aliphatic rings. The van der Waals surface area contributed by atoms with Gasteiger partial charge in [-0.2, -0.15) is 0 Å². The number of rotatable bonds is 5. The molecule has 1 spiro atoms. The van der Waals surface area contributed by atoms with E-state index in [1.165, 1.54) is 93.4 Å². The number of fused-ring (bicyclic) bond motifs is 13. The van der Waals surface area contributed by atoms with E-state index in [4.69, 9.17) is 0 Å². The van der Waals surface area contributed by atoms with E-state index in [-0.39, 0.29) is 0 Å². The van der Waals surface area contributed by atoms with Gasteiger partial charge in [-0.3, -0.25) is 0 Å². The average molecular weight is 777 g/mol. The Morgan fingerprint density at radius 2 is 1.00 bits per heavy atom. The molecule has 10 aromatic carbocycles. The summed E-state index contributed by atoms with van der Waals surface area (Å²) in [5, 5.41) is 7.58. The highest BCUT2D eigenvalue weighted by atomic mass is 15.1. The normalized spacial score (nSPS) is 14.8. The molecule has 0 bridgehead atoms. The maximum absolute atomic E-state index is 2.53. The summed E-state index contributed by atoms with van der Waals surface area (Å²) in [5.74, 6) is 0. The second kappa shape index (κ2) is 12.9. The maximum Gasteiger partial charge on any atom is 0.0729 e. The lowest BCUT2D eigenvalue weighted by atomic mass is 9.60. The summed E-state index contributed by atoms with van der Waals surface area (Å²) in [6.07, 6.45) is 0.945. The third-order valence-electron chi connectivity index (χ3n) is 13.7. The van der Waals surface area contributed by atoms with Gasteiger partial charge in [0.15, 0.2) is 0 Å². The van der Waals surface area contributed by atoms with Crippen LogP contribution in [0.2, 0.25) is 0 Å². The third kappa shape index (κ3) is 4.68. The van der Waals surface area contributed by atoms with Crippen molar-refractivity contribution < 1.29 is 0 Å². The zero-order valence-electron chi connectivity index (χ0n) is 33.8. The molecule has 286 valence electrons. The summed E-state index contributed by atoms with van der Waals surface area (Å²) in [6, 6.07) is 79.5. The maximum atomic E-state index is 2.53. The van der Waals surface area contributed by atoms with Gasteiger partial charge in [0.1, 0.15) is 0 Å². The fourth-order valence-corrected chi connectivity index (χ4v) is 11.2. The summed E-state index contributed by atoms with van der Waals surface area (Å²) in [4.78, 5) is 2.49. The van der Waals surface area contributed by atoms with Crippen molar-refractivity contribution in [2.24, 2.45) is 0 Å². The molecule has 0 radical (unpaired) electrons. The van der Waals surface area contributed by atoms with Crippen molar-refractivity contribution in [1.29, 1.82) is 0 Å².